The van der Waals surface area contributed by atoms with E-state index in [0.717, 1.165) is 0 Å². The van der Waals surface area contributed by atoms with Crippen molar-refractivity contribution in [1.82, 2.24) is 0 Å². The Labute approximate surface area is 81.9 Å². The average molecular weight is 195 g/mol. The highest BCUT2D eigenvalue weighted by molar-refractivity contribution is 5.96. The number of hydrogen-bond donors (Lipinski definition) is 3. The molecule has 0 saturated carbocycles. The number of hydrogen-bond acceptors (Lipinski definition) is 3. The van der Waals surface area contributed by atoms with E-state index in [1.807, 2.05) is 0 Å². The number of para-hydroxylation sites is 1. The summed E-state index contributed by atoms with van der Waals surface area (Å²) >= 11 is 0. The van der Waals surface area contributed by atoms with Gasteiger partial charge in [-0.1, -0.05) is 6.07 Å². The summed E-state index contributed by atoms with van der Waals surface area (Å²) in [5.41, 5.74) is 11.4. The predicted molar refractivity (Wildman–Crippen MR) is 55.1 cm³/mol. The van der Waals surface area contributed by atoms with Crippen LogP contribution in [0.4, 0.5) is 16.2 Å². The first kappa shape index (κ1) is 10.2. The van der Waals surface area contributed by atoms with Crippen LogP contribution in [0.1, 0.15) is 6.92 Å². The predicted octanol–water partition coefficient (Wildman–Crippen LogP) is 0.879. The SMILES string of the molecule is CCN(C(N)=O)c1c(N)cccc1O. The molecule has 14 heavy (non-hydrogen) atoms. The first-order valence-corrected chi connectivity index (χ1v) is 4.22. The van der Waals surface area contributed by atoms with Crippen molar-refractivity contribution in [3.05, 3.63) is 18.2 Å². The lowest BCUT2D eigenvalue weighted by Gasteiger charge is -2.20. The second-order valence-electron chi connectivity index (χ2n) is 2.80. The molecular weight excluding hydrogens is 182 g/mol. The van der Waals surface area contributed by atoms with Crippen molar-refractivity contribution in [3.8, 4) is 5.75 Å². The number of anilines is 2. The van der Waals surface area contributed by atoms with Gasteiger partial charge in [-0.3, -0.25) is 4.90 Å². The molecule has 5 N–H and O–H groups in total. The molecule has 0 fully saturated rings. The van der Waals surface area contributed by atoms with Crippen molar-refractivity contribution in [2.45, 2.75) is 6.92 Å². The van der Waals surface area contributed by atoms with Crippen molar-refractivity contribution in [2.75, 3.05) is 17.2 Å². The van der Waals surface area contributed by atoms with Gasteiger partial charge in [-0.25, -0.2) is 4.79 Å². The summed E-state index contributed by atoms with van der Waals surface area (Å²) in [5, 5.41) is 9.51. The van der Waals surface area contributed by atoms with Crippen LogP contribution in [0.5, 0.6) is 5.75 Å². The first-order valence-electron chi connectivity index (χ1n) is 4.22. The molecule has 0 aliphatic carbocycles. The van der Waals surface area contributed by atoms with Crippen LogP contribution in [0.15, 0.2) is 18.2 Å². The van der Waals surface area contributed by atoms with E-state index in [9.17, 15) is 9.90 Å². The fourth-order valence-electron chi connectivity index (χ4n) is 1.27. The number of amides is 2. The Morgan fingerprint density at radius 1 is 1.57 bits per heavy atom. The van der Waals surface area contributed by atoms with Crippen molar-refractivity contribution >= 4 is 17.4 Å². The fraction of sp³-hybridized carbons (Fsp3) is 0.222. The van der Waals surface area contributed by atoms with Crippen molar-refractivity contribution in [1.29, 1.82) is 0 Å². The van der Waals surface area contributed by atoms with Crippen LogP contribution in [0.25, 0.3) is 0 Å². The van der Waals surface area contributed by atoms with E-state index in [-0.39, 0.29) is 11.4 Å². The highest BCUT2D eigenvalue weighted by atomic mass is 16.3. The molecule has 0 aromatic heterocycles. The summed E-state index contributed by atoms with van der Waals surface area (Å²) < 4.78 is 0. The highest BCUT2D eigenvalue weighted by Gasteiger charge is 2.16. The molecule has 0 atom stereocenters. The Balaban J connectivity index is 3.22. The number of primary amides is 1. The summed E-state index contributed by atoms with van der Waals surface area (Å²) in [4.78, 5) is 12.2. The number of phenols is 1. The molecule has 0 aliphatic rings. The number of nitrogens with two attached hydrogens (primary N) is 2. The third-order valence-electron chi connectivity index (χ3n) is 1.90. The molecule has 76 valence electrons. The number of aromatic hydroxyl groups is 1. The van der Waals surface area contributed by atoms with Crippen LogP contribution in [0, 0.1) is 0 Å². The van der Waals surface area contributed by atoms with Crippen LogP contribution >= 0.6 is 0 Å². The maximum absolute atomic E-state index is 11.0. The van der Waals surface area contributed by atoms with E-state index in [4.69, 9.17) is 11.5 Å². The van der Waals surface area contributed by atoms with Gasteiger partial charge in [0.2, 0.25) is 0 Å². The zero-order valence-corrected chi connectivity index (χ0v) is 7.90. The van der Waals surface area contributed by atoms with Crippen LogP contribution in [0.3, 0.4) is 0 Å². The van der Waals surface area contributed by atoms with Crippen LogP contribution < -0.4 is 16.4 Å². The number of rotatable bonds is 2. The Bertz CT molecular complexity index is 332. The third-order valence-corrected chi connectivity index (χ3v) is 1.90. The zero-order chi connectivity index (χ0) is 10.7. The van der Waals surface area contributed by atoms with Crippen molar-refractivity contribution in [3.63, 3.8) is 0 Å². The third kappa shape index (κ3) is 1.71. The van der Waals surface area contributed by atoms with Gasteiger partial charge in [-0.2, -0.15) is 0 Å². The van der Waals surface area contributed by atoms with Gasteiger partial charge in [0, 0.05) is 6.54 Å². The molecule has 0 unspecified atom stereocenters. The lowest BCUT2D eigenvalue weighted by atomic mass is 10.2. The standard InChI is InChI=1S/C9H13N3O2/c1-2-12(9(11)14)8-6(10)4-3-5-7(8)13/h3-5,13H,2,10H2,1H3,(H2,11,14). The number of nitrogen functional groups attached to an aromatic ring is 1. The van der Waals surface area contributed by atoms with Crippen LogP contribution in [-0.4, -0.2) is 17.7 Å². The Morgan fingerprint density at radius 3 is 2.64 bits per heavy atom. The quantitative estimate of drug-likeness (QED) is 0.611. The summed E-state index contributed by atoms with van der Waals surface area (Å²) in [5.74, 6) is -0.0503. The van der Waals surface area contributed by atoms with Gasteiger partial charge >= 0.3 is 6.03 Å². The molecule has 0 aliphatic heterocycles. The van der Waals surface area contributed by atoms with Gasteiger partial charge in [0.1, 0.15) is 11.4 Å². The smallest absolute Gasteiger partial charge is 0.319 e. The van der Waals surface area contributed by atoms with E-state index in [1.54, 1.807) is 19.1 Å². The maximum Gasteiger partial charge on any atom is 0.319 e. The minimum atomic E-state index is -0.638. The van der Waals surface area contributed by atoms with Gasteiger partial charge in [-0.05, 0) is 19.1 Å². The van der Waals surface area contributed by atoms with E-state index in [2.05, 4.69) is 0 Å². The largest absolute Gasteiger partial charge is 0.506 e. The van der Waals surface area contributed by atoms with E-state index < -0.39 is 6.03 Å². The van der Waals surface area contributed by atoms with Crippen LogP contribution in [-0.2, 0) is 0 Å². The van der Waals surface area contributed by atoms with Gasteiger partial charge in [0.05, 0.1) is 5.69 Å². The molecule has 0 spiro atoms. The molecule has 0 radical (unpaired) electrons. The molecule has 1 aromatic carbocycles. The van der Waals surface area contributed by atoms with E-state index >= 15 is 0 Å². The number of urea groups is 1. The molecule has 1 rings (SSSR count). The summed E-state index contributed by atoms with van der Waals surface area (Å²) in [6.07, 6.45) is 0. The molecule has 5 nitrogen and oxygen atoms in total. The van der Waals surface area contributed by atoms with E-state index in [1.165, 1.54) is 11.0 Å². The molecule has 0 saturated heterocycles. The first-order chi connectivity index (χ1) is 6.57. The molecular formula is C9H13N3O2. The number of benzene rings is 1. The Morgan fingerprint density at radius 2 is 2.21 bits per heavy atom. The molecule has 1 aromatic rings. The zero-order valence-electron chi connectivity index (χ0n) is 7.90. The van der Waals surface area contributed by atoms with Gasteiger partial charge in [0.25, 0.3) is 0 Å². The van der Waals surface area contributed by atoms with Gasteiger partial charge < -0.3 is 16.6 Å². The maximum atomic E-state index is 11.0. The summed E-state index contributed by atoms with van der Waals surface area (Å²) in [6, 6.07) is 4.02. The molecule has 0 bridgehead atoms. The summed E-state index contributed by atoms with van der Waals surface area (Å²) in [7, 11) is 0. The fourth-order valence-corrected chi connectivity index (χ4v) is 1.27. The Kier molecular flexibility index (Phi) is 2.81. The van der Waals surface area contributed by atoms with Crippen LogP contribution in [0.2, 0.25) is 0 Å². The molecule has 2 amide bonds. The van der Waals surface area contributed by atoms with E-state index in [0.29, 0.717) is 12.2 Å². The number of carbonyl (C=O) groups is 1. The minimum absolute atomic E-state index is 0.0503. The normalized spacial score (nSPS) is 9.79. The lowest BCUT2D eigenvalue weighted by molar-refractivity contribution is 0.254. The van der Waals surface area contributed by atoms with Gasteiger partial charge in [0.15, 0.2) is 0 Å². The highest BCUT2D eigenvalue weighted by Crippen LogP contribution is 2.32. The topological polar surface area (TPSA) is 92.6 Å². The number of carbonyl (C=O) groups excluding carboxylic acids is 1. The number of nitrogens with zero attached hydrogens (tertiary/aromatic N) is 1. The van der Waals surface area contributed by atoms with Crippen molar-refractivity contribution < 1.29 is 9.90 Å². The lowest BCUT2D eigenvalue weighted by Crippen LogP contribution is -2.36. The second-order valence-corrected chi connectivity index (χ2v) is 2.80. The van der Waals surface area contributed by atoms with Crippen molar-refractivity contribution in [2.24, 2.45) is 5.73 Å². The molecule has 0 heterocycles. The number of phenolic OH excluding ortho intramolecular Hbond substituents is 1. The summed E-state index contributed by atoms with van der Waals surface area (Å²) in [6.45, 7) is 2.10. The average Bonchev–Trinajstić information content (AvgIpc) is 2.10. The second kappa shape index (κ2) is 3.87. The Hall–Kier alpha value is -1.91. The molecule has 5 heteroatoms. The minimum Gasteiger partial charge on any atom is -0.506 e. The monoisotopic (exact) mass is 195 g/mol. The van der Waals surface area contributed by atoms with Gasteiger partial charge in [-0.15, -0.1) is 0 Å².